The van der Waals surface area contributed by atoms with E-state index in [0.717, 1.165) is 30.5 Å². The van der Waals surface area contributed by atoms with Crippen LogP contribution in [0.5, 0.6) is 5.75 Å². The van der Waals surface area contributed by atoms with E-state index < -0.39 is 16.7 Å². The Hall–Kier alpha value is -1.91. The summed E-state index contributed by atoms with van der Waals surface area (Å²) in [4.78, 5) is 13.4. The lowest BCUT2D eigenvalue weighted by atomic mass is 10.1. The molecule has 0 aromatic heterocycles. The molecule has 0 fully saturated rings. The lowest BCUT2D eigenvalue weighted by Gasteiger charge is -2.35. The number of thioether (sulfide) groups is 1. The number of benzene rings is 2. The highest BCUT2D eigenvalue weighted by Crippen LogP contribution is 2.54. The number of hydrogen-bond acceptors (Lipinski definition) is 7. The maximum absolute atomic E-state index is 11.1. The number of carboxylic acids is 1. The Morgan fingerprint density at radius 1 is 1.29 bits per heavy atom. The minimum Gasteiger partial charge on any atom is -0.496 e. The average molecular weight is 467 g/mol. The summed E-state index contributed by atoms with van der Waals surface area (Å²) in [6.45, 7) is 2.70. The van der Waals surface area contributed by atoms with Crippen molar-refractivity contribution in [3.05, 3.63) is 48.0 Å². The van der Waals surface area contributed by atoms with Crippen LogP contribution in [-0.4, -0.2) is 45.6 Å². The number of methoxy groups -OCH3 is 1. The summed E-state index contributed by atoms with van der Waals surface area (Å²) in [6.07, 6.45) is 2.82. The van der Waals surface area contributed by atoms with Crippen LogP contribution in [0.1, 0.15) is 31.7 Å². The largest absolute Gasteiger partial charge is 0.496 e. The first-order chi connectivity index (χ1) is 14.9. The Morgan fingerprint density at radius 2 is 2.03 bits per heavy atom. The number of para-hydroxylation sites is 1. The molecule has 1 unspecified atom stereocenters. The van der Waals surface area contributed by atoms with Gasteiger partial charge in [-0.3, -0.25) is 13.9 Å². The number of nitrogens with zero attached hydrogens (tertiary/aromatic N) is 1. The Morgan fingerprint density at radius 3 is 2.68 bits per heavy atom. The Kier molecular flexibility index (Phi) is 8.12. The Balaban J connectivity index is 2.08. The van der Waals surface area contributed by atoms with Gasteiger partial charge in [-0.25, -0.2) is 4.72 Å². The third kappa shape index (κ3) is 5.87. The number of ether oxygens (including phenoxy) is 1. The normalized spacial score (nSPS) is 18.7. The van der Waals surface area contributed by atoms with Gasteiger partial charge in [-0.1, -0.05) is 38.0 Å². The minimum atomic E-state index is -3.26. The van der Waals surface area contributed by atoms with Crippen LogP contribution in [-0.2, 0) is 10.5 Å². The average Bonchev–Trinajstić information content (AvgIpc) is 2.85. The highest BCUT2D eigenvalue weighted by atomic mass is 32.3. The quantitative estimate of drug-likeness (QED) is 0.393. The summed E-state index contributed by atoms with van der Waals surface area (Å²) in [5.41, 5.74) is 2.37. The molecule has 1 atom stereocenters. The van der Waals surface area contributed by atoms with E-state index in [4.69, 9.17) is 9.84 Å². The fourth-order valence-electron chi connectivity index (χ4n) is 3.69. The summed E-state index contributed by atoms with van der Waals surface area (Å²) >= 11 is 1.24. The zero-order valence-corrected chi connectivity index (χ0v) is 19.4. The lowest BCUT2D eigenvalue weighted by molar-refractivity contribution is -0.133. The van der Waals surface area contributed by atoms with Crippen molar-refractivity contribution in [3.63, 3.8) is 0 Å². The molecule has 0 spiro atoms. The molecular formula is C22H30N2O5S2. The maximum atomic E-state index is 11.1. The van der Waals surface area contributed by atoms with E-state index in [2.05, 4.69) is 16.5 Å². The highest BCUT2D eigenvalue weighted by Gasteiger charge is 2.33. The zero-order valence-electron chi connectivity index (χ0n) is 17.8. The molecule has 7 nitrogen and oxygen atoms in total. The number of hydrogen-bond donors (Lipinski definition) is 4. The Labute approximate surface area is 189 Å². The molecule has 2 aromatic carbocycles. The van der Waals surface area contributed by atoms with E-state index in [0.29, 0.717) is 28.6 Å². The SMILES string of the molecule is CCCCC1CN(c2ccccc2)c2cc(OC)c(CSCC(=O)O)cc2S(O)(O)N1. The molecule has 1 aliphatic heterocycles. The summed E-state index contributed by atoms with van der Waals surface area (Å²) in [7, 11) is -1.69. The van der Waals surface area contributed by atoms with Crippen LogP contribution in [0.4, 0.5) is 11.4 Å². The topological polar surface area (TPSA) is 102 Å². The molecule has 31 heavy (non-hydrogen) atoms. The molecule has 0 aliphatic carbocycles. The molecule has 0 radical (unpaired) electrons. The molecule has 0 saturated heterocycles. The fraction of sp³-hybridized carbons (Fsp3) is 0.409. The first-order valence-corrected chi connectivity index (χ1v) is 12.9. The number of carbonyl (C=O) groups is 1. The molecular weight excluding hydrogens is 436 g/mol. The van der Waals surface area contributed by atoms with Crippen LogP contribution in [0.3, 0.4) is 0 Å². The van der Waals surface area contributed by atoms with Crippen molar-refractivity contribution in [2.24, 2.45) is 0 Å². The van der Waals surface area contributed by atoms with Gasteiger partial charge in [0.15, 0.2) is 0 Å². The lowest BCUT2D eigenvalue weighted by Crippen LogP contribution is -2.37. The third-order valence-corrected chi connectivity index (χ3v) is 7.72. The van der Waals surface area contributed by atoms with Gasteiger partial charge in [0.25, 0.3) is 0 Å². The minimum absolute atomic E-state index is 0.0377. The number of fused-ring (bicyclic) bond motifs is 1. The second kappa shape index (κ2) is 10.6. The van der Waals surface area contributed by atoms with Crippen LogP contribution in [0.25, 0.3) is 0 Å². The van der Waals surface area contributed by atoms with Gasteiger partial charge in [0, 0.05) is 35.7 Å². The molecule has 170 valence electrons. The number of rotatable bonds is 9. The number of aliphatic carboxylic acids is 1. The number of nitrogens with one attached hydrogen (secondary N) is 1. The molecule has 4 N–H and O–H groups in total. The first-order valence-electron chi connectivity index (χ1n) is 10.2. The predicted molar refractivity (Wildman–Crippen MR) is 128 cm³/mol. The van der Waals surface area contributed by atoms with Gasteiger partial charge < -0.3 is 14.7 Å². The van der Waals surface area contributed by atoms with Crippen molar-refractivity contribution in [3.8, 4) is 5.75 Å². The van der Waals surface area contributed by atoms with Gasteiger partial charge in [0.1, 0.15) is 5.75 Å². The molecule has 1 aliphatic rings. The van der Waals surface area contributed by atoms with Gasteiger partial charge in [-0.05, 0) is 24.6 Å². The molecule has 0 bridgehead atoms. The molecule has 9 heteroatoms. The fourth-order valence-corrected chi connectivity index (χ4v) is 5.96. The smallest absolute Gasteiger partial charge is 0.313 e. The maximum Gasteiger partial charge on any atom is 0.313 e. The van der Waals surface area contributed by atoms with E-state index >= 15 is 0 Å². The van der Waals surface area contributed by atoms with Crippen LogP contribution < -0.4 is 14.4 Å². The van der Waals surface area contributed by atoms with Gasteiger partial charge in [0.05, 0.1) is 23.4 Å². The van der Waals surface area contributed by atoms with E-state index in [1.807, 2.05) is 36.4 Å². The predicted octanol–water partition coefficient (Wildman–Crippen LogP) is 5.34. The standard InChI is InChI=1S/C22H30N2O5S2/c1-3-4-8-17-13-24(18-9-6-5-7-10-18)19-12-20(29-2)16(14-30-15-22(25)26)11-21(19)31(27,28)23-17/h5-7,9-12,17,23,27-28H,3-4,8,13-15H2,1-2H3,(H,25,26). The van der Waals surface area contributed by atoms with Crippen molar-refractivity contribution >= 4 is 39.9 Å². The molecule has 0 amide bonds. The second-order valence-electron chi connectivity index (χ2n) is 7.47. The van der Waals surface area contributed by atoms with Gasteiger partial charge in [-0.2, -0.15) is 0 Å². The zero-order chi connectivity index (χ0) is 22.4. The van der Waals surface area contributed by atoms with Gasteiger partial charge >= 0.3 is 5.97 Å². The van der Waals surface area contributed by atoms with Crippen molar-refractivity contribution in [1.29, 1.82) is 0 Å². The third-order valence-electron chi connectivity index (χ3n) is 5.15. The van der Waals surface area contributed by atoms with Gasteiger partial charge in [-0.15, -0.1) is 22.5 Å². The van der Waals surface area contributed by atoms with E-state index in [1.54, 1.807) is 13.2 Å². The van der Waals surface area contributed by atoms with Crippen molar-refractivity contribution in [1.82, 2.24) is 4.72 Å². The monoisotopic (exact) mass is 466 g/mol. The van der Waals surface area contributed by atoms with Gasteiger partial charge in [0.2, 0.25) is 0 Å². The second-order valence-corrected chi connectivity index (χ2v) is 10.2. The van der Waals surface area contributed by atoms with E-state index in [9.17, 15) is 13.9 Å². The number of carboxylic acid groups (broad SMARTS) is 1. The first kappa shape index (κ1) is 23.7. The molecule has 2 aromatic rings. The molecule has 1 heterocycles. The summed E-state index contributed by atoms with van der Waals surface area (Å²) < 4.78 is 30.9. The summed E-state index contributed by atoms with van der Waals surface area (Å²) in [5, 5.41) is 8.95. The molecule has 3 rings (SSSR count). The highest BCUT2D eigenvalue weighted by molar-refractivity contribution is 8.22. The van der Waals surface area contributed by atoms with Crippen LogP contribution in [0.2, 0.25) is 0 Å². The summed E-state index contributed by atoms with van der Waals surface area (Å²) in [6, 6.07) is 13.3. The van der Waals surface area contributed by atoms with E-state index in [1.165, 1.54) is 11.8 Å². The van der Waals surface area contributed by atoms with Crippen molar-refractivity contribution in [2.45, 2.75) is 42.9 Å². The number of anilines is 2. The van der Waals surface area contributed by atoms with Crippen LogP contribution in [0.15, 0.2) is 47.4 Å². The Bertz CT molecular complexity index is 895. The van der Waals surface area contributed by atoms with Crippen LogP contribution in [0, 0.1) is 0 Å². The van der Waals surface area contributed by atoms with Crippen molar-refractivity contribution in [2.75, 3.05) is 24.3 Å². The van der Waals surface area contributed by atoms with E-state index in [-0.39, 0.29) is 11.8 Å². The molecule has 0 saturated carbocycles. The van der Waals surface area contributed by atoms with Crippen LogP contribution >= 0.6 is 22.5 Å². The summed E-state index contributed by atoms with van der Waals surface area (Å²) in [5.74, 6) is 0.0609. The number of unbranched alkanes of at least 4 members (excludes halogenated alkanes) is 1. The van der Waals surface area contributed by atoms with Crippen molar-refractivity contribution < 1.29 is 23.7 Å².